The third-order valence-corrected chi connectivity index (χ3v) is 3.27. The maximum Gasteiger partial charge on any atom is -0.0351 e. The highest BCUT2D eigenvalue weighted by molar-refractivity contribution is 4.81. The van der Waals surface area contributed by atoms with Crippen molar-refractivity contribution >= 4 is 0 Å². The van der Waals surface area contributed by atoms with Gasteiger partial charge in [0.1, 0.15) is 0 Å². The molecule has 0 aromatic rings. The fraction of sp³-hybridized carbons (Fsp3) is 0.778. The Kier molecular flexibility index (Phi) is 16.0. The van der Waals surface area contributed by atoms with Gasteiger partial charge in [-0.25, -0.2) is 0 Å². The molecule has 0 rings (SSSR count). The van der Waals surface area contributed by atoms with E-state index >= 15 is 0 Å². The van der Waals surface area contributed by atoms with Gasteiger partial charge in [0, 0.05) is 0 Å². The lowest BCUT2D eigenvalue weighted by atomic mass is 10.1. The van der Waals surface area contributed by atoms with Crippen molar-refractivity contribution < 1.29 is 0 Å². The van der Waals surface area contributed by atoms with Crippen LogP contribution < -0.4 is 0 Å². The highest BCUT2D eigenvalue weighted by atomic mass is 14.0. The summed E-state index contributed by atoms with van der Waals surface area (Å²) in [6.45, 7) is 4.44. The van der Waals surface area contributed by atoms with Gasteiger partial charge in [-0.2, -0.15) is 0 Å². The molecule has 106 valence electrons. The largest absolute Gasteiger partial charge is 0.0888 e. The number of rotatable bonds is 13. The summed E-state index contributed by atoms with van der Waals surface area (Å²) in [6, 6.07) is 0. The summed E-state index contributed by atoms with van der Waals surface area (Å²) in [7, 11) is 0. The second-order valence-electron chi connectivity index (χ2n) is 5.19. The van der Waals surface area contributed by atoms with E-state index in [1.807, 2.05) is 0 Å². The van der Waals surface area contributed by atoms with E-state index in [0.717, 1.165) is 0 Å². The molecule has 0 N–H and O–H groups in total. The Morgan fingerprint density at radius 2 is 0.944 bits per heavy atom. The van der Waals surface area contributed by atoms with E-state index in [0.29, 0.717) is 0 Å². The second kappa shape index (κ2) is 16.5. The molecule has 0 atom stereocenters. The first kappa shape index (κ1) is 17.5. The van der Waals surface area contributed by atoms with Crippen molar-refractivity contribution in [2.45, 2.75) is 90.9 Å². The van der Waals surface area contributed by atoms with E-state index in [-0.39, 0.29) is 0 Å². The monoisotopic (exact) mass is 250 g/mol. The minimum absolute atomic E-state index is 1.19. The number of hydrogen-bond acceptors (Lipinski definition) is 0. The van der Waals surface area contributed by atoms with Gasteiger partial charge in [-0.1, -0.05) is 76.7 Å². The van der Waals surface area contributed by atoms with Crippen LogP contribution in [0.5, 0.6) is 0 Å². The molecule has 0 fully saturated rings. The molecule has 0 amide bonds. The molecule has 18 heavy (non-hydrogen) atoms. The van der Waals surface area contributed by atoms with E-state index in [4.69, 9.17) is 0 Å². The minimum Gasteiger partial charge on any atom is -0.0888 e. The number of allylic oxidation sites excluding steroid dienone is 4. The van der Waals surface area contributed by atoms with Crippen molar-refractivity contribution in [3.8, 4) is 0 Å². The molecule has 0 radical (unpaired) electrons. The summed E-state index contributed by atoms with van der Waals surface area (Å²) in [4.78, 5) is 0. The number of unbranched alkanes of at least 4 members (excludes halogenated alkanes) is 9. The van der Waals surface area contributed by atoms with Crippen LogP contribution in [0.4, 0.5) is 0 Å². The van der Waals surface area contributed by atoms with Gasteiger partial charge in [-0.3, -0.25) is 0 Å². The lowest BCUT2D eigenvalue weighted by Gasteiger charge is -2.00. The van der Waals surface area contributed by atoms with Gasteiger partial charge in [-0.05, 0) is 38.5 Å². The smallest absolute Gasteiger partial charge is 0.0351 e. The van der Waals surface area contributed by atoms with Crippen LogP contribution in [0.3, 0.4) is 0 Å². The zero-order chi connectivity index (χ0) is 13.3. The van der Waals surface area contributed by atoms with E-state index in [2.05, 4.69) is 38.2 Å². The minimum atomic E-state index is 1.19. The lowest BCUT2D eigenvalue weighted by molar-refractivity contribution is 0.583. The van der Waals surface area contributed by atoms with Crippen LogP contribution in [-0.2, 0) is 0 Å². The van der Waals surface area contributed by atoms with Gasteiger partial charge >= 0.3 is 0 Å². The molecular formula is C18H34. The topological polar surface area (TPSA) is 0 Å². The molecule has 0 heteroatoms. The molecule has 0 aromatic heterocycles. The van der Waals surface area contributed by atoms with E-state index in [9.17, 15) is 0 Å². The summed E-state index contributed by atoms with van der Waals surface area (Å²) >= 11 is 0. The van der Waals surface area contributed by atoms with Gasteiger partial charge in [0.15, 0.2) is 0 Å². The Bertz CT molecular complexity index is 188. The first-order valence-electron chi connectivity index (χ1n) is 8.21. The van der Waals surface area contributed by atoms with Crippen molar-refractivity contribution in [1.29, 1.82) is 0 Å². The quantitative estimate of drug-likeness (QED) is 0.248. The Morgan fingerprint density at radius 1 is 0.500 bits per heavy atom. The van der Waals surface area contributed by atoms with Crippen LogP contribution in [0.1, 0.15) is 90.9 Å². The summed E-state index contributed by atoms with van der Waals surface area (Å²) in [5.74, 6) is 0. The average Bonchev–Trinajstić information content (AvgIpc) is 2.39. The van der Waals surface area contributed by atoms with Gasteiger partial charge in [0.05, 0.1) is 0 Å². The fourth-order valence-corrected chi connectivity index (χ4v) is 2.10. The third kappa shape index (κ3) is 15.5. The molecule has 0 aromatic carbocycles. The molecule has 0 bridgehead atoms. The lowest BCUT2D eigenvalue weighted by Crippen LogP contribution is -1.80. The SMILES string of the molecule is CCC=CCCCCCCCCCC=CCCC. The Balaban J connectivity index is 3.01. The number of hydrogen-bond donors (Lipinski definition) is 0. The fourth-order valence-electron chi connectivity index (χ4n) is 2.10. The molecule has 0 unspecified atom stereocenters. The Hall–Kier alpha value is -0.520. The highest BCUT2D eigenvalue weighted by Crippen LogP contribution is 2.10. The van der Waals surface area contributed by atoms with Crippen molar-refractivity contribution in [3.05, 3.63) is 24.3 Å². The molecule has 0 saturated carbocycles. The van der Waals surface area contributed by atoms with E-state index in [1.54, 1.807) is 0 Å². The molecule has 0 aliphatic heterocycles. The highest BCUT2D eigenvalue weighted by Gasteiger charge is 1.90. The average molecular weight is 250 g/mol. The maximum absolute atomic E-state index is 2.36. The van der Waals surface area contributed by atoms with Crippen LogP contribution >= 0.6 is 0 Å². The van der Waals surface area contributed by atoms with Crippen LogP contribution in [-0.4, -0.2) is 0 Å². The normalized spacial score (nSPS) is 11.9. The second-order valence-corrected chi connectivity index (χ2v) is 5.19. The summed E-state index contributed by atoms with van der Waals surface area (Å²) in [5, 5.41) is 0. The van der Waals surface area contributed by atoms with E-state index < -0.39 is 0 Å². The van der Waals surface area contributed by atoms with Crippen molar-refractivity contribution in [1.82, 2.24) is 0 Å². The Morgan fingerprint density at radius 3 is 1.44 bits per heavy atom. The van der Waals surface area contributed by atoms with Crippen LogP contribution in [0.15, 0.2) is 24.3 Å². The van der Waals surface area contributed by atoms with Crippen molar-refractivity contribution in [3.63, 3.8) is 0 Å². The van der Waals surface area contributed by atoms with Crippen LogP contribution in [0.25, 0.3) is 0 Å². The molecule has 0 aliphatic carbocycles. The van der Waals surface area contributed by atoms with Crippen LogP contribution in [0.2, 0.25) is 0 Å². The van der Waals surface area contributed by atoms with E-state index in [1.165, 1.54) is 77.0 Å². The van der Waals surface area contributed by atoms with Crippen LogP contribution in [0, 0.1) is 0 Å². The summed E-state index contributed by atoms with van der Waals surface area (Å²) in [5.41, 5.74) is 0. The first-order valence-corrected chi connectivity index (χ1v) is 8.21. The molecule has 0 saturated heterocycles. The molecule has 0 heterocycles. The van der Waals surface area contributed by atoms with Gasteiger partial charge in [0.2, 0.25) is 0 Å². The Labute approximate surface area is 116 Å². The summed E-state index contributed by atoms with van der Waals surface area (Å²) in [6.07, 6.45) is 25.6. The standard InChI is InChI=1S/C18H34/c1-3-5-7-9-11-13-15-17-18-16-14-12-10-8-6-4-2/h5,7-8,10H,3-4,6,9,11-18H2,1-2H3. The third-order valence-electron chi connectivity index (χ3n) is 3.27. The zero-order valence-electron chi connectivity index (χ0n) is 12.8. The van der Waals surface area contributed by atoms with Crippen molar-refractivity contribution in [2.75, 3.05) is 0 Å². The first-order chi connectivity index (χ1) is 8.91. The molecule has 0 spiro atoms. The van der Waals surface area contributed by atoms with Crippen molar-refractivity contribution in [2.24, 2.45) is 0 Å². The predicted molar refractivity (Wildman–Crippen MR) is 85.0 cm³/mol. The van der Waals surface area contributed by atoms with Gasteiger partial charge < -0.3 is 0 Å². The zero-order valence-corrected chi connectivity index (χ0v) is 12.8. The maximum atomic E-state index is 2.36. The molecule has 0 nitrogen and oxygen atoms in total. The molecular weight excluding hydrogens is 216 g/mol. The van der Waals surface area contributed by atoms with Gasteiger partial charge in [-0.15, -0.1) is 0 Å². The summed E-state index contributed by atoms with van der Waals surface area (Å²) < 4.78 is 0. The van der Waals surface area contributed by atoms with Gasteiger partial charge in [0.25, 0.3) is 0 Å². The predicted octanol–water partition coefficient (Wildman–Crippen LogP) is 6.82. The molecule has 0 aliphatic rings.